The maximum atomic E-state index is 12.4. The molecule has 0 bridgehead atoms. The van der Waals surface area contributed by atoms with Crippen LogP contribution in [0.3, 0.4) is 0 Å². The van der Waals surface area contributed by atoms with Gasteiger partial charge in [-0.2, -0.15) is 0 Å². The van der Waals surface area contributed by atoms with Gasteiger partial charge in [-0.05, 0) is 24.3 Å². The average molecular weight is 382 g/mol. The van der Waals surface area contributed by atoms with Crippen LogP contribution in [0.5, 0.6) is 0 Å². The molecule has 4 rings (SSSR count). The molecule has 1 N–H and O–H groups in total. The normalized spacial score (nSPS) is 13.4. The first-order valence-electron chi connectivity index (χ1n) is 7.89. The van der Waals surface area contributed by atoms with Crippen LogP contribution in [0.4, 0.5) is 10.8 Å². The Balaban J connectivity index is 1.47. The SMILES string of the molecule is O=C(CN1C(=O)CSc2ccccc21)Nc1nc(-c2cccnc2)cs1. The lowest BCUT2D eigenvalue weighted by molar-refractivity contribution is -0.120. The van der Waals surface area contributed by atoms with Gasteiger partial charge in [-0.1, -0.05) is 12.1 Å². The number of hydrogen-bond donors (Lipinski definition) is 1. The van der Waals surface area contributed by atoms with E-state index in [1.165, 1.54) is 28.0 Å². The van der Waals surface area contributed by atoms with Gasteiger partial charge in [-0.3, -0.25) is 14.6 Å². The van der Waals surface area contributed by atoms with Crippen molar-refractivity contribution in [2.45, 2.75) is 4.90 Å². The van der Waals surface area contributed by atoms with Gasteiger partial charge >= 0.3 is 0 Å². The smallest absolute Gasteiger partial charge is 0.246 e. The summed E-state index contributed by atoms with van der Waals surface area (Å²) < 4.78 is 0. The monoisotopic (exact) mass is 382 g/mol. The fourth-order valence-electron chi connectivity index (χ4n) is 2.61. The van der Waals surface area contributed by atoms with Gasteiger partial charge in [-0.25, -0.2) is 4.98 Å². The van der Waals surface area contributed by atoms with E-state index in [9.17, 15) is 9.59 Å². The summed E-state index contributed by atoms with van der Waals surface area (Å²) in [7, 11) is 0. The van der Waals surface area contributed by atoms with Gasteiger partial charge < -0.3 is 10.2 Å². The Morgan fingerprint density at radius 3 is 2.96 bits per heavy atom. The number of para-hydroxylation sites is 1. The van der Waals surface area contributed by atoms with Crippen molar-refractivity contribution in [3.63, 3.8) is 0 Å². The van der Waals surface area contributed by atoms with Crippen LogP contribution in [0, 0.1) is 0 Å². The fraction of sp³-hybridized carbons (Fsp3) is 0.111. The Kier molecular flexibility index (Phi) is 4.68. The van der Waals surface area contributed by atoms with Crippen molar-refractivity contribution in [1.82, 2.24) is 9.97 Å². The molecule has 6 nitrogen and oxygen atoms in total. The summed E-state index contributed by atoms with van der Waals surface area (Å²) in [5.41, 5.74) is 2.43. The highest BCUT2D eigenvalue weighted by molar-refractivity contribution is 8.00. The Morgan fingerprint density at radius 2 is 2.12 bits per heavy atom. The summed E-state index contributed by atoms with van der Waals surface area (Å²) in [4.78, 5) is 35.7. The van der Waals surface area contributed by atoms with Crippen LogP contribution in [-0.4, -0.2) is 34.1 Å². The molecule has 0 atom stereocenters. The van der Waals surface area contributed by atoms with Gasteiger partial charge in [-0.15, -0.1) is 23.1 Å². The number of hydrogen-bond acceptors (Lipinski definition) is 6. The maximum absolute atomic E-state index is 12.4. The molecule has 0 aliphatic carbocycles. The van der Waals surface area contributed by atoms with Crippen LogP contribution < -0.4 is 10.2 Å². The number of anilines is 2. The topological polar surface area (TPSA) is 75.2 Å². The molecule has 1 aromatic carbocycles. The number of benzene rings is 1. The van der Waals surface area contributed by atoms with Crippen molar-refractivity contribution in [1.29, 1.82) is 0 Å². The molecule has 2 aromatic heterocycles. The lowest BCUT2D eigenvalue weighted by atomic mass is 10.2. The van der Waals surface area contributed by atoms with E-state index in [1.807, 2.05) is 41.8 Å². The zero-order valence-electron chi connectivity index (χ0n) is 13.6. The van der Waals surface area contributed by atoms with Gasteiger partial charge in [0.2, 0.25) is 11.8 Å². The molecule has 0 saturated carbocycles. The predicted molar refractivity (Wildman–Crippen MR) is 103 cm³/mol. The number of amides is 2. The molecule has 0 saturated heterocycles. The minimum absolute atomic E-state index is 0.0296. The van der Waals surface area contributed by atoms with Crippen LogP contribution >= 0.6 is 23.1 Å². The van der Waals surface area contributed by atoms with Gasteiger partial charge in [0, 0.05) is 28.2 Å². The molecule has 3 heterocycles. The number of rotatable bonds is 4. The second-order valence-electron chi connectivity index (χ2n) is 5.56. The molecule has 0 unspecified atom stereocenters. The lowest BCUT2D eigenvalue weighted by Gasteiger charge is -2.28. The van der Waals surface area contributed by atoms with Gasteiger partial charge in [0.1, 0.15) is 6.54 Å². The number of thiazole rings is 1. The fourth-order valence-corrected chi connectivity index (χ4v) is 4.28. The number of thioether (sulfide) groups is 1. The Bertz CT molecular complexity index is 959. The van der Waals surface area contributed by atoms with Crippen LogP contribution in [0.1, 0.15) is 0 Å². The highest BCUT2D eigenvalue weighted by Crippen LogP contribution is 2.34. The first-order valence-corrected chi connectivity index (χ1v) is 9.75. The number of pyridine rings is 1. The van der Waals surface area contributed by atoms with E-state index in [0.29, 0.717) is 10.9 Å². The predicted octanol–water partition coefficient (Wildman–Crippen LogP) is 3.28. The van der Waals surface area contributed by atoms with E-state index in [-0.39, 0.29) is 18.4 Å². The maximum Gasteiger partial charge on any atom is 0.246 e. The third-order valence-electron chi connectivity index (χ3n) is 3.82. The minimum Gasteiger partial charge on any atom is -0.301 e. The highest BCUT2D eigenvalue weighted by Gasteiger charge is 2.26. The van der Waals surface area contributed by atoms with Crippen molar-refractivity contribution in [3.05, 3.63) is 54.2 Å². The van der Waals surface area contributed by atoms with Gasteiger partial charge in [0.05, 0.1) is 17.1 Å². The van der Waals surface area contributed by atoms with Crippen LogP contribution in [-0.2, 0) is 9.59 Å². The quantitative estimate of drug-likeness (QED) is 0.749. The minimum atomic E-state index is -0.271. The summed E-state index contributed by atoms with van der Waals surface area (Å²) in [6.07, 6.45) is 3.42. The summed E-state index contributed by atoms with van der Waals surface area (Å²) in [5.74, 6) is -0.00152. The van der Waals surface area contributed by atoms with E-state index in [4.69, 9.17) is 0 Å². The second kappa shape index (κ2) is 7.27. The lowest BCUT2D eigenvalue weighted by Crippen LogP contribution is -2.41. The van der Waals surface area contributed by atoms with Crippen LogP contribution in [0.2, 0.25) is 0 Å². The van der Waals surface area contributed by atoms with E-state index in [2.05, 4.69) is 15.3 Å². The van der Waals surface area contributed by atoms with E-state index in [0.717, 1.165) is 21.8 Å². The largest absolute Gasteiger partial charge is 0.301 e. The second-order valence-corrected chi connectivity index (χ2v) is 7.44. The number of carbonyl (C=O) groups excluding carboxylic acids is 2. The zero-order chi connectivity index (χ0) is 17.9. The molecular formula is C18H14N4O2S2. The number of carbonyl (C=O) groups is 2. The molecule has 26 heavy (non-hydrogen) atoms. The Labute approximate surface area is 158 Å². The summed E-state index contributed by atoms with van der Waals surface area (Å²) in [5, 5.41) is 5.14. The third kappa shape index (κ3) is 3.47. The molecule has 8 heteroatoms. The Hall–Kier alpha value is -2.71. The number of aromatic nitrogens is 2. The van der Waals surface area contributed by atoms with Crippen molar-refractivity contribution >= 4 is 45.7 Å². The van der Waals surface area contributed by atoms with E-state index < -0.39 is 0 Å². The molecule has 130 valence electrons. The number of fused-ring (bicyclic) bond motifs is 1. The van der Waals surface area contributed by atoms with Crippen molar-refractivity contribution in [2.75, 3.05) is 22.5 Å². The number of nitrogens with one attached hydrogen (secondary N) is 1. The third-order valence-corrected chi connectivity index (χ3v) is 5.62. The molecular weight excluding hydrogens is 368 g/mol. The molecule has 1 aliphatic heterocycles. The number of nitrogens with zero attached hydrogens (tertiary/aromatic N) is 3. The Morgan fingerprint density at radius 1 is 1.23 bits per heavy atom. The standard InChI is InChI=1S/C18H14N4O2S2/c23-16(9-22-14-5-1-2-6-15(14)25-11-17(22)24)21-18-20-13(10-26-18)12-4-3-7-19-8-12/h1-8,10H,9,11H2,(H,20,21,23). The van der Waals surface area contributed by atoms with E-state index in [1.54, 1.807) is 12.4 Å². The van der Waals surface area contributed by atoms with E-state index >= 15 is 0 Å². The molecule has 0 spiro atoms. The summed E-state index contributed by atoms with van der Waals surface area (Å²) in [6.45, 7) is -0.0296. The van der Waals surface area contributed by atoms with Crippen molar-refractivity contribution in [2.24, 2.45) is 0 Å². The highest BCUT2D eigenvalue weighted by atomic mass is 32.2. The molecule has 0 radical (unpaired) electrons. The molecule has 3 aromatic rings. The average Bonchev–Trinajstić information content (AvgIpc) is 3.13. The van der Waals surface area contributed by atoms with Crippen molar-refractivity contribution < 1.29 is 9.59 Å². The zero-order valence-corrected chi connectivity index (χ0v) is 15.2. The van der Waals surface area contributed by atoms with Crippen LogP contribution in [0.15, 0.2) is 59.1 Å². The summed E-state index contributed by atoms with van der Waals surface area (Å²) >= 11 is 2.84. The summed E-state index contributed by atoms with van der Waals surface area (Å²) in [6, 6.07) is 11.4. The van der Waals surface area contributed by atoms with Gasteiger partial charge in [0.15, 0.2) is 5.13 Å². The molecule has 2 amide bonds. The molecule has 1 aliphatic rings. The van der Waals surface area contributed by atoms with Crippen LogP contribution in [0.25, 0.3) is 11.3 Å². The van der Waals surface area contributed by atoms with Crippen molar-refractivity contribution in [3.8, 4) is 11.3 Å². The molecule has 0 fully saturated rings. The first-order chi connectivity index (χ1) is 12.7. The van der Waals surface area contributed by atoms with Gasteiger partial charge in [0.25, 0.3) is 0 Å². The first kappa shape index (κ1) is 16.7.